The lowest BCUT2D eigenvalue weighted by molar-refractivity contribution is -0.124. The van der Waals surface area contributed by atoms with Crippen molar-refractivity contribution in [2.45, 2.75) is 26.4 Å². The Kier molecular flexibility index (Phi) is 6.47. The first kappa shape index (κ1) is 16.1. The van der Waals surface area contributed by atoms with Gasteiger partial charge in [0.2, 0.25) is 5.91 Å². The van der Waals surface area contributed by atoms with Crippen molar-refractivity contribution in [1.82, 2.24) is 15.5 Å². The van der Waals surface area contributed by atoms with Crippen LogP contribution < -0.4 is 10.6 Å². The number of imide groups is 1. The molecular weight excluding hydrogens is 330 g/mol. The average Bonchev–Trinajstić information content (AvgIpc) is 2.73. The van der Waals surface area contributed by atoms with Crippen molar-refractivity contribution in [1.29, 1.82) is 0 Å². The SMILES string of the molecule is CCNC(=O)NC(=O)C(C)N(C)Cc1cc(Br)cs1. The average molecular weight is 348 g/mol. The summed E-state index contributed by atoms with van der Waals surface area (Å²) in [5.74, 6) is -0.302. The maximum atomic E-state index is 11.8. The van der Waals surface area contributed by atoms with E-state index in [2.05, 4.69) is 26.6 Å². The van der Waals surface area contributed by atoms with Gasteiger partial charge in [-0.1, -0.05) is 0 Å². The van der Waals surface area contributed by atoms with Crippen molar-refractivity contribution in [2.24, 2.45) is 0 Å². The smallest absolute Gasteiger partial charge is 0.321 e. The van der Waals surface area contributed by atoms with Crippen LogP contribution in [0.15, 0.2) is 15.9 Å². The Bertz CT molecular complexity index is 450. The molecule has 1 heterocycles. The van der Waals surface area contributed by atoms with Crippen LogP contribution in [0.4, 0.5) is 4.79 Å². The number of urea groups is 1. The monoisotopic (exact) mass is 347 g/mol. The molecule has 1 unspecified atom stereocenters. The van der Waals surface area contributed by atoms with Crippen LogP contribution in [0.25, 0.3) is 0 Å². The maximum Gasteiger partial charge on any atom is 0.321 e. The van der Waals surface area contributed by atoms with Gasteiger partial charge >= 0.3 is 6.03 Å². The molecule has 3 amide bonds. The van der Waals surface area contributed by atoms with E-state index in [1.807, 2.05) is 23.4 Å². The first-order chi connectivity index (χ1) is 8.93. The van der Waals surface area contributed by atoms with E-state index >= 15 is 0 Å². The van der Waals surface area contributed by atoms with E-state index in [1.54, 1.807) is 25.2 Å². The molecule has 5 nitrogen and oxygen atoms in total. The molecule has 1 rings (SSSR count). The Morgan fingerprint density at radius 2 is 2.21 bits per heavy atom. The van der Waals surface area contributed by atoms with Crippen LogP contribution in [0.3, 0.4) is 0 Å². The molecule has 106 valence electrons. The summed E-state index contributed by atoms with van der Waals surface area (Å²) in [6.07, 6.45) is 0. The third kappa shape index (κ3) is 5.30. The van der Waals surface area contributed by atoms with Gasteiger partial charge in [0.1, 0.15) is 0 Å². The number of hydrogen-bond acceptors (Lipinski definition) is 4. The molecule has 0 saturated heterocycles. The topological polar surface area (TPSA) is 61.4 Å². The number of carbonyl (C=O) groups is 2. The van der Waals surface area contributed by atoms with E-state index in [0.717, 1.165) is 9.35 Å². The summed E-state index contributed by atoms with van der Waals surface area (Å²) in [6.45, 7) is 4.73. The highest BCUT2D eigenvalue weighted by Gasteiger charge is 2.20. The largest absolute Gasteiger partial charge is 0.338 e. The predicted octanol–water partition coefficient (Wildman–Crippen LogP) is 2.18. The van der Waals surface area contributed by atoms with Crippen molar-refractivity contribution in [3.63, 3.8) is 0 Å². The summed E-state index contributed by atoms with van der Waals surface area (Å²) in [4.78, 5) is 26.2. The van der Waals surface area contributed by atoms with Gasteiger partial charge in [-0.2, -0.15) is 0 Å². The minimum atomic E-state index is -0.452. The van der Waals surface area contributed by atoms with Gasteiger partial charge < -0.3 is 5.32 Å². The van der Waals surface area contributed by atoms with Crippen LogP contribution >= 0.6 is 27.3 Å². The number of likely N-dealkylation sites (N-methyl/N-ethyl adjacent to an activating group) is 1. The van der Waals surface area contributed by atoms with Crippen molar-refractivity contribution >= 4 is 39.2 Å². The van der Waals surface area contributed by atoms with E-state index in [0.29, 0.717) is 13.1 Å². The van der Waals surface area contributed by atoms with Crippen molar-refractivity contribution < 1.29 is 9.59 Å². The van der Waals surface area contributed by atoms with Gasteiger partial charge in [0.15, 0.2) is 0 Å². The normalized spacial score (nSPS) is 12.3. The first-order valence-electron chi connectivity index (χ1n) is 5.95. The molecule has 0 saturated carbocycles. The molecule has 0 fully saturated rings. The number of carbonyl (C=O) groups excluding carboxylic acids is 2. The van der Waals surface area contributed by atoms with Crippen molar-refractivity contribution in [2.75, 3.05) is 13.6 Å². The maximum absolute atomic E-state index is 11.8. The van der Waals surface area contributed by atoms with Gasteiger partial charge in [-0.05, 0) is 42.9 Å². The third-order valence-corrected chi connectivity index (χ3v) is 4.32. The second kappa shape index (κ2) is 7.62. The highest BCUT2D eigenvalue weighted by atomic mass is 79.9. The molecule has 19 heavy (non-hydrogen) atoms. The minimum Gasteiger partial charge on any atom is -0.338 e. The summed E-state index contributed by atoms with van der Waals surface area (Å²) >= 11 is 5.03. The number of rotatable bonds is 5. The summed E-state index contributed by atoms with van der Waals surface area (Å²) < 4.78 is 1.04. The van der Waals surface area contributed by atoms with Gasteiger partial charge in [0, 0.05) is 27.8 Å². The van der Waals surface area contributed by atoms with Crippen molar-refractivity contribution in [3.8, 4) is 0 Å². The molecule has 1 atom stereocenters. The van der Waals surface area contributed by atoms with Crippen LogP contribution in [0.5, 0.6) is 0 Å². The fraction of sp³-hybridized carbons (Fsp3) is 0.500. The first-order valence-corrected chi connectivity index (χ1v) is 7.63. The zero-order valence-electron chi connectivity index (χ0n) is 11.2. The van der Waals surface area contributed by atoms with Crippen LogP contribution in [0.1, 0.15) is 18.7 Å². The molecule has 2 N–H and O–H groups in total. The molecule has 0 aliphatic heterocycles. The molecule has 0 aromatic carbocycles. The molecule has 0 bridgehead atoms. The van der Waals surface area contributed by atoms with Crippen LogP contribution in [0.2, 0.25) is 0 Å². The molecule has 0 aliphatic rings. The Balaban J connectivity index is 2.49. The molecular formula is C12H18BrN3O2S. The lowest BCUT2D eigenvalue weighted by Gasteiger charge is -2.22. The number of thiophene rings is 1. The Morgan fingerprint density at radius 3 is 2.74 bits per heavy atom. The van der Waals surface area contributed by atoms with Crippen LogP contribution in [-0.4, -0.2) is 36.5 Å². The lowest BCUT2D eigenvalue weighted by Crippen LogP contribution is -2.48. The zero-order chi connectivity index (χ0) is 14.4. The summed E-state index contributed by atoms with van der Waals surface area (Å²) in [5, 5.41) is 6.85. The predicted molar refractivity (Wildman–Crippen MR) is 80.2 cm³/mol. The number of halogens is 1. The fourth-order valence-corrected chi connectivity index (χ4v) is 2.95. The number of hydrogen-bond donors (Lipinski definition) is 2. The summed E-state index contributed by atoms with van der Waals surface area (Å²) in [7, 11) is 1.86. The van der Waals surface area contributed by atoms with Gasteiger partial charge in [0.05, 0.1) is 6.04 Å². The highest BCUT2D eigenvalue weighted by molar-refractivity contribution is 9.10. The number of nitrogens with one attached hydrogen (secondary N) is 2. The lowest BCUT2D eigenvalue weighted by atomic mass is 10.2. The highest BCUT2D eigenvalue weighted by Crippen LogP contribution is 2.21. The Hall–Kier alpha value is -0.920. The standard InChI is InChI=1S/C12H18BrN3O2S/c1-4-14-12(18)15-11(17)8(2)16(3)6-10-5-9(13)7-19-10/h5,7-8H,4,6H2,1-3H3,(H2,14,15,17,18). The Morgan fingerprint density at radius 1 is 1.53 bits per heavy atom. The zero-order valence-corrected chi connectivity index (χ0v) is 13.6. The number of amides is 3. The quantitative estimate of drug-likeness (QED) is 0.857. The van der Waals surface area contributed by atoms with Crippen molar-refractivity contribution in [3.05, 3.63) is 20.8 Å². The fourth-order valence-electron chi connectivity index (χ4n) is 1.44. The molecule has 0 radical (unpaired) electrons. The third-order valence-electron chi connectivity index (χ3n) is 2.64. The van der Waals surface area contributed by atoms with E-state index < -0.39 is 6.03 Å². The van der Waals surface area contributed by atoms with Gasteiger partial charge in [0.25, 0.3) is 0 Å². The molecule has 0 spiro atoms. The minimum absolute atomic E-state index is 0.302. The second-order valence-corrected chi connectivity index (χ2v) is 6.08. The molecule has 1 aromatic rings. The summed E-state index contributed by atoms with van der Waals surface area (Å²) in [5.41, 5.74) is 0. The molecule has 1 aromatic heterocycles. The van der Waals surface area contributed by atoms with E-state index in [-0.39, 0.29) is 11.9 Å². The van der Waals surface area contributed by atoms with E-state index in [1.165, 1.54) is 0 Å². The summed E-state index contributed by atoms with van der Waals surface area (Å²) in [6, 6.07) is 1.20. The van der Waals surface area contributed by atoms with E-state index in [9.17, 15) is 9.59 Å². The van der Waals surface area contributed by atoms with Crippen LogP contribution in [0, 0.1) is 0 Å². The van der Waals surface area contributed by atoms with E-state index in [4.69, 9.17) is 0 Å². The van der Waals surface area contributed by atoms with Gasteiger partial charge in [-0.3, -0.25) is 15.0 Å². The number of nitrogens with zero attached hydrogens (tertiary/aromatic N) is 1. The molecule has 7 heteroatoms. The second-order valence-electron chi connectivity index (χ2n) is 4.17. The molecule has 0 aliphatic carbocycles. The van der Waals surface area contributed by atoms with Gasteiger partial charge in [-0.25, -0.2) is 4.79 Å². The van der Waals surface area contributed by atoms with Gasteiger partial charge in [-0.15, -0.1) is 11.3 Å². The Labute approximate surface area is 125 Å². The van der Waals surface area contributed by atoms with Crippen LogP contribution in [-0.2, 0) is 11.3 Å².